The molecule has 0 saturated heterocycles. The highest BCUT2D eigenvalue weighted by Crippen LogP contribution is 2.33. The van der Waals surface area contributed by atoms with Gasteiger partial charge in [0.05, 0.1) is 11.4 Å². The molecule has 3 rings (SSSR count). The lowest BCUT2D eigenvalue weighted by molar-refractivity contribution is 0.463. The molecule has 2 N–H and O–H groups in total. The lowest BCUT2D eigenvalue weighted by Gasteiger charge is -2.15. The maximum absolute atomic E-state index is 10.9. The van der Waals surface area contributed by atoms with Crippen LogP contribution in [0.3, 0.4) is 0 Å². The Morgan fingerprint density at radius 1 is 0.605 bits per heavy atom. The zero-order valence-corrected chi connectivity index (χ0v) is 24.3. The first-order valence-corrected chi connectivity index (χ1v) is 13.8. The minimum Gasteiger partial charge on any atom is -0.507 e. The molecule has 0 radical (unpaired) electrons. The molecule has 0 aliphatic rings. The predicted molar refractivity (Wildman–Crippen MR) is 162 cm³/mol. The van der Waals surface area contributed by atoms with E-state index in [0.717, 1.165) is 46.5 Å². The van der Waals surface area contributed by atoms with Crippen molar-refractivity contribution in [1.29, 1.82) is 0 Å². The number of phenols is 2. The molecule has 38 heavy (non-hydrogen) atoms. The van der Waals surface area contributed by atoms with Crippen molar-refractivity contribution in [2.75, 3.05) is 0 Å². The molecule has 3 aromatic rings. The second-order valence-corrected chi connectivity index (χ2v) is 11.8. The lowest BCUT2D eigenvalue weighted by atomic mass is 9.93. The Hall–Kier alpha value is -3.40. The third-order valence-corrected chi connectivity index (χ3v) is 6.52. The van der Waals surface area contributed by atoms with Crippen LogP contribution in [0.5, 0.6) is 11.5 Å². The van der Waals surface area contributed by atoms with Crippen LogP contribution >= 0.6 is 0 Å². The molecule has 0 aliphatic heterocycles. The molecule has 4 heteroatoms. The van der Waals surface area contributed by atoms with Crippen molar-refractivity contribution in [3.05, 3.63) is 81.9 Å². The van der Waals surface area contributed by atoms with E-state index in [4.69, 9.17) is 0 Å². The third kappa shape index (κ3) is 7.80. The van der Waals surface area contributed by atoms with Crippen LogP contribution < -0.4 is 0 Å². The molecule has 0 amide bonds. The van der Waals surface area contributed by atoms with Gasteiger partial charge in [-0.25, -0.2) is 0 Å². The van der Waals surface area contributed by atoms with Gasteiger partial charge in [-0.15, -0.1) is 0 Å². The number of aromatic hydroxyl groups is 2. The highest BCUT2D eigenvalue weighted by molar-refractivity contribution is 5.88. The Morgan fingerprint density at radius 3 is 1.34 bits per heavy atom. The molecule has 0 heterocycles. The van der Waals surface area contributed by atoms with Crippen LogP contribution in [-0.4, -0.2) is 22.6 Å². The summed E-state index contributed by atoms with van der Waals surface area (Å²) in [5.41, 5.74) is 7.28. The van der Waals surface area contributed by atoms with E-state index >= 15 is 0 Å². The molecular formula is C34H44N2O2. The average molecular weight is 513 g/mol. The number of hydrogen-bond donors (Lipinski definition) is 2. The maximum atomic E-state index is 10.9. The Morgan fingerprint density at radius 2 is 1.00 bits per heavy atom. The van der Waals surface area contributed by atoms with Gasteiger partial charge in [-0.3, -0.25) is 9.98 Å². The van der Waals surface area contributed by atoms with Gasteiger partial charge in [-0.1, -0.05) is 73.6 Å². The fraction of sp³-hybridized carbons (Fsp3) is 0.412. The number of aliphatic imine (C=N–C) groups is 2. The molecule has 0 atom stereocenters. The minimum atomic E-state index is 0.221. The summed E-state index contributed by atoms with van der Waals surface area (Å²) in [6.07, 6.45) is 5.39. The van der Waals surface area contributed by atoms with Crippen molar-refractivity contribution < 1.29 is 10.2 Å². The molecule has 202 valence electrons. The lowest BCUT2D eigenvalue weighted by Crippen LogP contribution is -2.00. The van der Waals surface area contributed by atoms with Gasteiger partial charge in [0.1, 0.15) is 11.5 Å². The summed E-state index contributed by atoms with van der Waals surface area (Å²) in [4.78, 5) is 9.33. The van der Waals surface area contributed by atoms with Crippen LogP contribution in [0.15, 0.2) is 58.5 Å². The predicted octanol–water partition coefficient (Wildman–Crippen LogP) is 9.24. The second-order valence-electron chi connectivity index (χ2n) is 11.8. The van der Waals surface area contributed by atoms with Crippen molar-refractivity contribution >= 4 is 23.8 Å². The first kappa shape index (κ1) is 29.2. The summed E-state index contributed by atoms with van der Waals surface area (Å²) in [5, 5.41) is 21.8. The highest BCUT2D eigenvalue weighted by Gasteiger charge is 2.14. The number of hydrogen-bond acceptors (Lipinski definition) is 4. The van der Waals surface area contributed by atoms with E-state index in [1.54, 1.807) is 12.4 Å². The smallest absolute Gasteiger partial charge is 0.127 e. The van der Waals surface area contributed by atoms with Crippen molar-refractivity contribution in [3.8, 4) is 11.5 Å². The fourth-order valence-electron chi connectivity index (χ4n) is 4.69. The zero-order chi connectivity index (χ0) is 28.0. The second kappa shape index (κ2) is 12.9. The SMILES string of the molecule is CC(C)Cc1cc(C=Nc2cccc(N=Cc3cc(CC(C)C)cc(C(C)C)c3O)c2)c(O)c(C(C)C)c1. The van der Waals surface area contributed by atoms with Crippen LogP contribution in [0.25, 0.3) is 0 Å². The standard InChI is InChI=1S/C34H44N2O2/c1-21(2)12-25-14-27(33(37)31(16-25)23(5)6)19-35-29-10-9-11-30(18-29)36-20-28-15-26(13-22(3)4)17-32(24(7)8)34(28)38/h9-11,14-24,37-38H,12-13H2,1-8H3. The van der Waals surface area contributed by atoms with Gasteiger partial charge in [0.2, 0.25) is 0 Å². The summed E-state index contributed by atoms with van der Waals surface area (Å²) in [5.74, 6) is 2.09. The number of nitrogens with zero attached hydrogens (tertiary/aromatic N) is 2. The van der Waals surface area contributed by atoms with Gasteiger partial charge >= 0.3 is 0 Å². The Kier molecular flexibility index (Phi) is 9.90. The maximum Gasteiger partial charge on any atom is 0.127 e. The summed E-state index contributed by atoms with van der Waals surface area (Å²) < 4.78 is 0. The quantitative estimate of drug-likeness (QED) is 0.266. The number of phenolic OH excluding ortho intramolecular Hbond substituents is 2. The monoisotopic (exact) mass is 512 g/mol. The van der Waals surface area contributed by atoms with E-state index in [1.165, 1.54) is 11.1 Å². The largest absolute Gasteiger partial charge is 0.507 e. The van der Waals surface area contributed by atoms with Crippen LogP contribution in [-0.2, 0) is 12.8 Å². The molecule has 0 unspecified atom stereocenters. The molecule has 4 nitrogen and oxygen atoms in total. The topological polar surface area (TPSA) is 65.2 Å². The van der Waals surface area contributed by atoms with E-state index < -0.39 is 0 Å². The van der Waals surface area contributed by atoms with Crippen molar-refractivity contribution in [1.82, 2.24) is 0 Å². The van der Waals surface area contributed by atoms with E-state index in [1.807, 2.05) is 36.4 Å². The van der Waals surface area contributed by atoms with Gasteiger partial charge in [-0.05, 0) is 89.1 Å². The first-order chi connectivity index (χ1) is 17.9. The summed E-state index contributed by atoms with van der Waals surface area (Å²) in [6, 6.07) is 16.0. The summed E-state index contributed by atoms with van der Waals surface area (Å²) >= 11 is 0. The van der Waals surface area contributed by atoms with Crippen LogP contribution in [0, 0.1) is 11.8 Å². The summed E-state index contributed by atoms with van der Waals surface area (Å²) in [7, 11) is 0. The molecular weight excluding hydrogens is 468 g/mol. The van der Waals surface area contributed by atoms with E-state index in [9.17, 15) is 10.2 Å². The molecule has 0 saturated carbocycles. The van der Waals surface area contributed by atoms with Crippen molar-refractivity contribution in [3.63, 3.8) is 0 Å². The average Bonchev–Trinajstić information content (AvgIpc) is 2.83. The van der Waals surface area contributed by atoms with Crippen molar-refractivity contribution in [2.45, 2.75) is 80.1 Å². The third-order valence-electron chi connectivity index (χ3n) is 6.52. The highest BCUT2D eigenvalue weighted by atomic mass is 16.3. The number of rotatable bonds is 10. The van der Waals surface area contributed by atoms with Gasteiger partial charge < -0.3 is 10.2 Å². The van der Waals surface area contributed by atoms with Gasteiger partial charge in [-0.2, -0.15) is 0 Å². The fourth-order valence-corrected chi connectivity index (χ4v) is 4.69. The number of benzene rings is 3. The Bertz CT molecular complexity index is 1200. The van der Waals surface area contributed by atoms with E-state index in [-0.39, 0.29) is 11.8 Å². The van der Waals surface area contributed by atoms with Crippen LogP contribution in [0.2, 0.25) is 0 Å². The summed E-state index contributed by atoms with van der Waals surface area (Å²) in [6.45, 7) is 17.2. The molecule has 0 aliphatic carbocycles. The van der Waals surface area contributed by atoms with Crippen LogP contribution in [0.4, 0.5) is 11.4 Å². The van der Waals surface area contributed by atoms with Gasteiger partial charge in [0.15, 0.2) is 0 Å². The Balaban J connectivity index is 1.91. The zero-order valence-electron chi connectivity index (χ0n) is 24.3. The minimum absolute atomic E-state index is 0.221. The van der Waals surface area contributed by atoms with E-state index in [0.29, 0.717) is 23.3 Å². The van der Waals surface area contributed by atoms with E-state index in [2.05, 4.69) is 77.5 Å². The Labute approximate surface area is 229 Å². The normalized spacial score (nSPS) is 12.3. The molecule has 0 aromatic heterocycles. The molecule has 0 spiro atoms. The van der Waals surface area contributed by atoms with Crippen LogP contribution in [0.1, 0.15) is 101 Å². The molecule has 0 fully saturated rings. The van der Waals surface area contributed by atoms with Crippen molar-refractivity contribution in [2.24, 2.45) is 21.8 Å². The molecule has 0 bridgehead atoms. The van der Waals surface area contributed by atoms with Gasteiger partial charge in [0.25, 0.3) is 0 Å². The first-order valence-electron chi connectivity index (χ1n) is 13.8. The van der Waals surface area contributed by atoms with Gasteiger partial charge in [0, 0.05) is 23.6 Å². The molecule has 3 aromatic carbocycles.